The number of carbonyl (C=O) groups is 1. The monoisotopic (exact) mass is 308 g/mol. The minimum atomic E-state index is -1.77. The van der Waals surface area contributed by atoms with Crippen molar-refractivity contribution in [3.8, 4) is 0 Å². The van der Waals surface area contributed by atoms with Gasteiger partial charge in [-0.25, -0.2) is 0 Å². The molecule has 2 nitrogen and oxygen atoms in total. The summed E-state index contributed by atoms with van der Waals surface area (Å²) in [6.07, 6.45) is 2.31. The predicted octanol–water partition coefficient (Wildman–Crippen LogP) is 3.78. The number of carbonyl (C=O) groups excluding carboxylic acids is 1. The number of aliphatic hydroxyl groups excluding tert-OH is 1. The molecule has 0 bridgehead atoms. The third-order valence-electron chi connectivity index (χ3n) is 5.34. The Morgan fingerprint density at radius 2 is 1.75 bits per heavy atom. The fraction of sp³-hybridized carbons (Fsp3) is 0.688. The molecule has 0 aromatic heterocycles. The number of rotatable bonds is 4. The van der Waals surface area contributed by atoms with Crippen LogP contribution in [0, 0.1) is 5.41 Å². The maximum Gasteiger partial charge on any atom is 0.159 e. The molecule has 2 aliphatic carbocycles. The molecule has 0 saturated heterocycles. The van der Waals surface area contributed by atoms with Crippen LogP contribution in [-0.4, -0.2) is 33.1 Å². The normalized spacial score (nSPS) is 35.1. The molecule has 4 heteroatoms. The van der Waals surface area contributed by atoms with E-state index in [0.717, 1.165) is 17.2 Å². The second-order valence-corrected chi connectivity index (χ2v) is 18.9. The van der Waals surface area contributed by atoms with Crippen molar-refractivity contribution < 1.29 is 9.90 Å². The lowest BCUT2D eigenvalue weighted by molar-refractivity contribution is -0.115. The van der Waals surface area contributed by atoms with Gasteiger partial charge in [0.05, 0.1) is 22.3 Å². The van der Waals surface area contributed by atoms with Crippen molar-refractivity contribution in [1.29, 1.82) is 0 Å². The fourth-order valence-corrected chi connectivity index (χ4v) is 9.95. The molecule has 20 heavy (non-hydrogen) atoms. The second kappa shape index (κ2) is 4.05. The average Bonchev–Trinajstić information content (AvgIpc) is 2.88. The van der Waals surface area contributed by atoms with Crippen molar-refractivity contribution in [2.45, 2.75) is 63.8 Å². The second-order valence-electron chi connectivity index (χ2n) is 8.55. The molecule has 1 fully saturated rings. The van der Waals surface area contributed by atoms with Crippen LogP contribution in [0.15, 0.2) is 23.4 Å². The molecular weight excluding hydrogens is 280 g/mol. The van der Waals surface area contributed by atoms with Crippen LogP contribution in [0.5, 0.6) is 0 Å². The third kappa shape index (κ3) is 1.61. The first kappa shape index (κ1) is 15.9. The molecule has 112 valence electrons. The number of Topliss-reactive ketones (excluding diaryl/α,β-unsaturated/α-hetero) is 1. The average molecular weight is 309 g/mol. The van der Waals surface area contributed by atoms with E-state index in [2.05, 4.69) is 45.9 Å². The first-order chi connectivity index (χ1) is 8.87. The van der Waals surface area contributed by atoms with Crippen molar-refractivity contribution in [3.63, 3.8) is 0 Å². The molecule has 0 heterocycles. The minimum absolute atomic E-state index is 0.232. The number of allylic oxidation sites excluding steroid dienone is 2. The predicted molar refractivity (Wildman–Crippen MR) is 90.3 cm³/mol. The van der Waals surface area contributed by atoms with E-state index in [1.165, 1.54) is 0 Å². The topological polar surface area (TPSA) is 37.3 Å². The van der Waals surface area contributed by atoms with E-state index < -0.39 is 22.3 Å². The molecule has 0 aliphatic heterocycles. The molecule has 0 radical (unpaired) electrons. The van der Waals surface area contributed by atoms with Crippen LogP contribution < -0.4 is 0 Å². The summed E-state index contributed by atoms with van der Waals surface area (Å²) in [4.78, 5) is 13.3. The summed E-state index contributed by atoms with van der Waals surface area (Å²) < 4.78 is 0. The quantitative estimate of drug-likeness (QED) is 0.634. The molecule has 2 aliphatic rings. The van der Waals surface area contributed by atoms with Crippen LogP contribution in [0.25, 0.3) is 0 Å². The highest BCUT2D eigenvalue weighted by molar-refractivity contribution is 6.92. The number of ketones is 1. The van der Waals surface area contributed by atoms with Crippen molar-refractivity contribution in [1.82, 2.24) is 0 Å². The molecule has 1 saturated carbocycles. The number of hydrogen-bond donors (Lipinski definition) is 1. The Morgan fingerprint density at radius 1 is 1.25 bits per heavy atom. The zero-order chi connectivity index (χ0) is 15.7. The maximum atomic E-state index is 13.3. The molecule has 2 rings (SSSR count). The summed E-state index contributed by atoms with van der Waals surface area (Å²) in [6.45, 7) is 19.3. The van der Waals surface area contributed by atoms with Gasteiger partial charge in [0.2, 0.25) is 0 Å². The van der Waals surface area contributed by atoms with E-state index in [-0.39, 0.29) is 10.5 Å². The summed E-state index contributed by atoms with van der Waals surface area (Å²) >= 11 is 0. The van der Waals surface area contributed by atoms with Crippen molar-refractivity contribution >= 4 is 21.9 Å². The summed E-state index contributed by atoms with van der Waals surface area (Å²) in [5.74, 6) is 0.353. The molecule has 0 aromatic carbocycles. The van der Waals surface area contributed by atoms with Gasteiger partial charge < -0.3 is 5.11 Å². The lowest BCUT2D eigenvalue weighted by atomic mass is 9.93. The van der Waals surface area contributed by atoms with Crippen LogP contribution in [-0.2, 0) is 4.79 Å². The number of fused-ring (bicyclic) bond motifs is 1. The van der Waals surface area contributed by atoms with E-state index in [1.807, 2.05) is 13.0 Å². The lowest BCUT2D eigenvalue weighted by Crippen LogP contribution is -2.40. The zero-order valence-corrected chi connectivity index (χ0v) is 15.9. The van der Waals surface area contributed by atoms with Crippen LogP contribution in [0.4, 0.5) is 0 Å². The Balaban J connectivity index is 2.75. The van der Waals surface area contributed by atoms with Crippen LogP contribution in [0.3, 0.4) is 0 Å². The molecule has 0 aromatic rings. The molecule has 3 atom stereocenters. The maximum absolute atomic E-state index is 13.3. The highest BCUT2D eigenvalue weighted by atomic mass is 28.3. The standard InChI is InChI=1S/C16H28O2Si2/c1-9-15-10-16(15,20(6,7)8)14(18)13(19(3,4)5)12(15)11(2)17/h9,11,17H,1,10H2,2-8H3. The van der Waals surface area contributed by atoms with Gasteiger partial charge in [0.25, 0.3) is 0 Å². The Hall–Kier alpha value is -0.456. The van der Waals surface area contributed by atoms with Crippen LogP contribution in [0.1, 0.15) is 13.3 Å². The van der Waals surface area contributed by atoms with Gasteiger partial charge in [-0.15, -0.1) is 6.58 Å². The summed E-state index contributed by atoms with van der Waals surface area (Å²) in [7, 11) is -3.46. The van der Waals surface area contributed by atoms with Crippen LogP contribution in [0.2, 0.25) is 44.3 Å². The van der Waals surface area contributed by atoms with E-state index >= 15 is 0 Å². The molecular formula is C16H28O2Si2. The van der Waals surface area contributed by atoms with Gasteiger partial charge >= 0.3 is 0 Å². The number of aliphatic hydroxyl groups is 1. The Morgan fingerprint density at radius 3 is 2.05 bits per heavy atom. The molecule has 1 N–H and O–H groups in total. The Kier molecular flexibility index (Phi) is 3.22. The van der Waals surface area contributed by atoms with Crippen molar-refractivity contribution in [2.24, 2.45) is 5.41 Å². The summed E-state index contributed by atoms with van der Waals surface area (Å²) in [5.41, 5.74) is 0.775. The van der Waals surface area contributed by atoms with E-state index in [9.17, 15) is 9.90 Å². The highest BCUT2D eigenvalue weighted by Gasteiger charge is 2.81. The van der Waals surface area contributed by atoms with E-state index in [4.69, 9.17) is 0 Å². The molecule has 0 amide bonds. The summed E-state index contributed by atoms with van der Waals surface area (Å²) in [5, 5.41) is 11.1. The highest BCUT2D eigenvalue weighted by Crippen LogP contribution is 2.83. The van der Waals surface area contributed by atoms with Gasteiger partial charge in [-0.3, -0.25) is 4.79 Å². The fourth-order valence-electron chi connectivity index (χ4n) is 4.50. The minimum Gasteiger partial charge on any atom is -0.389 e. The SMILES string of the molecule is C=CC12CC1([Si](C)(C)C)C(=O)C([Si](C)(C)C)=C2C(C)O. The van der Waals surface area contributed by atoms with Crippen LogP contribution >= 0.6 is 0 Å². The first-order valence-electron chi connectivity index (χ1n) is 7.48. The molecule has 3 unspecified atom stereocenters. The van der Waals surface area contributed by atoms with Gasteiger partial charge in [0.1, 0.15) is 0 Å². The Bertz CT molecular complexity index is 520. The van der Waals surface area contributed by atoms with E-state index in [0.29, 0.717) is 5.78 Å². The van der Waals surface area contributed by atoms with Gasteiger partial charge in [-0.2, -0.15) is 0 Å². The number of hydrogen-bond acceptors (Lipinski definition) is 2. The van der Waals surface area contributed by atoms with Gasteiger partial charge in [-0.05, 0) is 24.1 Å². The lowest BCUT2D eigenvalue weighted by Gasteiger charge is -2.30. The van der Waals surface area contributed by atoms with Gasteiger partial charge in [-0.1, -0.05) is 45.4 Å². The van der Waals surface area contributed by atoms with Crippen molar-refractivity contribution in [2.75, 3.05) is 0 Å². The zero-order valence-electron chi connectivity index (χ0n) is 13.9. The van der Waals surface area contributed by atoms with Gasteiger partial charge in [0.15, 0.2) is 5.78 Å². The first-order valence-corrected chi connectivity index (χ1v) is 14.5. The van der Waals surface area contributed by atoms with Gasteiger partial charge in [0, 0.05) is 10.5 Å². The molecule has 0 spiro atoms. The Labute approximate surface area is 125 Å². The largest absolute Gasteiger partial charge is 0.389 e. The van der Waals surface area contributed by atoms with E-state index in [1.54, 1.807) is 0 Å². The van der Waals surface area contributed by atoms with Crippen molar-refractivity contribution in [3.05, 3.63) is 23.4 Å². The third-order valence-corrected chi connectivity index (χ3v) is 10.7. The summed E-state index contributed by atoms with van der Waals surface area (Å²) in [6, 6.07) is 0. The smallest absolute Gasteiger partial charge is 0.159 e.